The van der Waals surface area contributed by atoms with Gasteiger partial charge in [0.25, 0.3) is 0 Å². The van der Waals surface area contributed by atoms with Gasteiger partial charge in [0.05, 0.1) is 0 Å². The molecule has 2 rings (SSSR count). The van der Waals surface area contributed by atoms with Crippen molar-refractivity contribution in [2.24, 2.45) is 5.41 Å². The van der Waals surface area contributed by atoms with Gasteiger partial charge < -0.3 is 4.90 Å². The number of hydrogen-bond donors (Lipinski definition) is 0. The van der Waals surface area contributed by atoms with E-state index in [1.165, 1.54) is 32.2 Å². The molecule has 2 aliphatic heterocycles. The van der Waals surface area contributed by atoms with Crippen LogP contribution in [0.1, 0.15) is 46.5 Å². The van der Waals surface area contributed by atoms with Gasteiger partial charge in [0.15, 0.2) is 0 Å². The first-order valence-corrected chi connectivity index (χ1v) is 5.45. The SMILES string of the molecule is CC(C)(C)CC12CC=CN1CCC2. The second kappa shape index (κ2) is 2.76. The van der Waals surface area contributed by atoms with Gasteiger partial charge in [-0.3, -0.25) is 0 Å². The van der Waals surface area contributed by atoms with Crippen LogP contribution in [0.25, 0.3) is 0 Å². The number of fused-ring (bicyclic) bond motifs is 1. The molecule has 0 radical (unpaired) electrons. The largest absolute Gasteiger partial charge is 0.372 e. The quantitative estimate of drug-likeness (QED) is 0.597. The van der Waals surface area contributed by atoms with Gasteiger partial charge in [-0.1, -0.05) is 26.8 Å². The van der Waals surface area contributed by atoms with Crippen LogP contribution >= 0.6 is 0 Å². The average Bonchev–Trinajstić information content (AvgIpc) is 2.40. The second-order valence-corrected chi connectivity index (χ2v) is 5.85. The fourth-order valence-corrected chi connectivity index (χ4v) is 3.06. The van der Waals surface area contributed by atoms with Crippen LogP contribution in [0.15, 0.2) is 12.3 Å². The van der Waals surface area contributed by atoms with E-state index >= 15 is 0 Å². The third-order valence-electron chi connectivity index (χ3n) is 3.29. The van der Waals surface area contributed by atoms with Gasteiger partial charge in [0.1, 0.15) is 0 Å². The molecule has 1 saturated heterocycles. The molecule has 2 aliphatic rings. The minimum absolute atomic E-state index is 0.467. The van der Waals surface area contributed by atoms with E-state index in [1.54, 1.807) is 0 Å². The summed E-state index contributed by atoms with van der Waals surface area (Å²) in [6.07, 6.45) is 10.1. The second-order valence-electron chi connectivity index (χ2n) is 5.85. The van der Waals surface area contributed by atoms with E-state index in [0.717, 1.165) is 0 Å². The minimum atomic E-state index is 0.467. The van der Waals surface area contributed by atoms with Crippen LogP contribution in [0, 0.1) is 5.41 Å². The zero-order valence-corrected chi connectivity index (χ0v) is 9.14. The first-order chi connectivity index (χ1) is 6.02. The van der Waals surface area contributed by atoms with Crippen molar-refractivity contribution in [1.82, 2.24) is 4.90 Å². The molecule has 1 unspecified atom stereocenters. The van der Waals surface area contributed by atoms with E-state index in [2.05, 4.69) is 37.9 Å². The summed E-state index contributed by atoms with van der Waals surface area (Å²) < 4.78 is 0. The molecule has 0 spiro atoms. The van der Waals surface area contributed by atoms with E-state index in [4.69, 9.17) is 0 Å². The summed E-state index contributed by atoms with van der Waals surface area (Å²) in [4.78, 5) is 2.58. The topological polar surface area (TPSA) is 3.24 Å². The number of hydrogen-bond acceptors (Lipinski definition) is 1. The third-order valence-corrected chi connectivity index (χ3v) is 3.29. The molecule has 0 aromatic carbocycles. The first-order valence-electron chi connectivity index (χ1n) is 5.45. The van der Waals surface area contributed by atoms with Crippen molar-refractivity contribution >= 4 is 0 Å². The maximum absolute atomic E-state index is 2.58. The summed E-state index contributed by atoms with van der Waals surface area (Å²) in [6.45, 7) is 8.36. The van der Waals surface area contributed by atoms with Gasteiger partial charge in [-0.25, -0.2) is 0 Å². The molecule has 13 heavy (non-hydrogen) atoms. The van der Waals surface area contributed by atoms with Crippen molar-refractivity contribution in [3.8, 4) is 0 Å². The molecule has 1 fully saturated rings. The van der Waals surface area contributed by atoms with E-state index in [1.807, 2.05) is 0 Å². The van der Waals surface area contributed by atoms with E-state index in [9.17, 15) is 0 Å². The summed E-state index contributed by atoms with van der Waals surface area (Å²) in [5.74, 6) is 0. The van der Waals surface area contributed by atoms with Crippen molar-refractivity contribution in [1.29, 1.82) is 0 Å². The van der Waals surface area contributed by atoms with Gasteiger partial charge in [-0.05, 0) is 37.3 Å². The van der Waals surface area contributed by atoms with Crippen molar-refractivity contribution in [3.05, 3.63) is 12.3 Å². The maximum Gasteiger partial charge on any atom is 0.0437 e. The van der Waals surface area contributed by atoms with Crippen LogP contribution in [0.3, 0.4) is 0 Å². The Morgan fingerprint density at radius 3 is 2.85 bits per heavy atom. The molecule has 2 heterocycles. The molecule has 1 heteroatoms. The van der Waals surface area contributed by atoms with Crippen molar-refractivity contribution in [2.45, 2.75) is 52.0 Å². The van der Waals surface area contributed by atoms with Crippen molar-refractivity contribution in [2.75, 3.05) is 6.54 Å². The molecule has 0 aromatic rings. The predicted molar refractivity (Wildman–Crippen MR) is 56.5 cm³/mol. The molecule has 0 N–H and O–H groups in total. The molecule has 0 bridgehead atoms. The van der Waals surface area contributed by atoms with Gasteiger partial charge in [-0.15, -0.1) is 0 Å². The highest BCUT2D eigenvalue weighted by molar-refractivity contribution is 5.12. The van der Waals surface area contributed by atoms with E-state index in [-0.39, 0.29) is 0 Å². The van der Waals surface area contributed by atoms with Crippen LogP contribution < -0.4 is 0 Å². The molecule has 0 saturated carbocycles. The predicted octanol–water partition coefficient (Wildman–Crippen LogP) is 3.17. The Labute approximate surface area is 81.8 Å². The Hall–Kier alpha value is -0.460. The zero-order chi connectivity index (χ0) is 9.53. The number of nitrogens with zero attached hydrogens (tertiary/aromatic N) is 1. The summed E-state index contributed by atoms with van der Waals surface area (Å²) in [7, 11) is 0. The molecule has 0 aromatic heterocycles. The zero-order valence-electron chi connectivity index (χ0n) is 9.14. The highest BCUT2D eigenvalue weighted by Gasteiger charge is 2.43. The molecule has 74 valence electrons. The standard InChI is InChI=1S/C12H21N/c1-11(2,3)10-12-6-4-8-13(12)9-5-7-12/h4,8H,5-7,9-10H2,1-3H3. The molecular formula is C12H21N. The Balaban J connectivity index is 2.12. The van der Waals surface area contributed by atoms with Gasteiger partial charge in [0, 0.05) is 12.1 Å². The monoisotopic (exact) mass is 179 g/mol. The van der Waals surface area contributed by atoms with Crippen molar-refractivity contribution < 1.29 is 0 Å². The number of rotatable bonds is 1. The molecular weight excluding hydrogens is 158 g/mol. The lowest BCUT2D eigenvalue weighted by atomic mass is 9.77. The fourth-order valence-electron chi connectivity index (χ4n) is 3.06. The van der Waals surface area contributed by atoms with Crippen LogP contribution in [-0.2, 0) is 0 Å². The van der Waals surface area contributed by atoms with E-state index in [0.29, 0.717) is 11.0 Å². The lowest BCUT2D eigenvalue weighted by molar-refractivity contribution is 0.148. The molecule has 1 atom stereocenters. The summed E-state index contributed by atoms with van der Waals surface area (Å²) in [6, 6.07) is 0. The van der Waals surface area contributed by atoms with Crippen LogP contribution in [-0.4, -0.2) is 17.0 Å². The Bertz CT molecular complexity index is 224. The van der Waals surface area contributed by atoms with Crippen LogP contribution in [0.2, 0.25) is 0 Å². The highest BCUT2D eigenvalue weighted by Crippen LogP contribution is 2.44. The highest BCUT2D eigenvalue weighted by atomic mass is 15.2. The summed E-state index contributed by atoms with van der Waals surface area (Å²) in [5.41, 5.74) is 0.979. The van der Waals surface area contributed by atoms with Gasteiger partial charge in [-0.2, -0.15) is 0 Å². The van der Waals surface area contributed by atoms with Crippen molar-refractivity contribution in [3.63, 3.8) is 0 Å². The van der Waals surface area contributed by atoms with Gasteiger partial charge in [0.2, 0.25) is 0 Å². The van der Waals surface area contributed by atoms with Crippen LogP contribution in [0.4, 0.5) is 0 Å². The lowest BCUT2D eigenvalue weighted by Gasteiger charge is -2.38. The summed E-state index contributed by atoms with van der Waals surface area (Å²) in [5, 5.41) is 0. The Kier molecular flexibility index (Phi) is 1.94. The maximum atomic E-state index is 2.58. The van der Waals surface area contributed by atoms with Gasteiger partial charge >= 0.3 is 0 Å². The minimum Gasteiger partial charge on any atom is -0.372 e. The Morgan fingerprint density at radius 2 is 2.15 bits per heavy atom. The molecule has 0 amide bonds. The lowest BCUT2D eigenvalue weighted by Crippen LogP contribution is -2.40. The first kappa shape index (κ1) is 9.11. The Morgan fingerprint density at radius 1 is 1.38 bits per heavy atom. The molecule has 0 aliphatic carbocycles. The van der Waals surface area contributed by atoms with Crippen LogP contribution in [0.5, 0.6) is 0 Å². The average molecular weight is 179 g/mol. The third kappa shape index (κ3) is 1.61. The normalized spacial score (nSPS) is 32.7. The summed E-state index contributed by atoms with van der Waals surface area (Å²) >= 11 is 0. The fraction of sp³-hybridized carbons (Fsp3) is 0.833. The van der Waals surface area contributed by atoms with E-state index < -0.39 is 0 Å². The molecule has 1 nitrogen and oxygen atoms in total. The smallest absolute Gasteiger partial charge is 0.0437 e.